The van der Waals surface area contributed by atoms with Crippen LogP contribution < -0.4 is 4.74 Å². The van der Waals surface area contributed by atoms with Gasteiger partial charge in [0.2, 0.25) is 0 Å². The van der Waals surface area contributed by atoms with E-state index in [-0.39, 0.29) is 0 Å². The monoisotopic (exact) mass is 296 g/mol. The second-order valence-corrected chi connectivity index (χ2v) is 6.22. The lowest BCUT2D eigenvalue weighted by Crippen LogP contribution is -2.53. The Labute approximate surface area is 127 Å². The largest absolute Gasteiger partial charge is 0.488 e. The minimum absolute atomic E-state index is 0.313. The van der Waals surface area contributed by atoms with Crippen LogP contribution in [0.2, 0.25) is 0 Å². The Kier molecular flexibility index (Phi) is 3.33. The van der Waals surface area contributed by atoms with E-state index in [1.54, 1.807) is 11.3 Å². The molecule has 1 aliphatic rings. The van der Waals surface area contributed by atoms with Gasteiger partial charge >= 0.3 is 0 Å². The Morgan fingerprint density at radius 3 is 2.81 bits per heavy atom. The van der Waals surface area contributed by atoms with E-state index >= 15 is 0 Å². The standard InChI is InChI=1S/C17H16N2OS/c1-2-6-14(7-3-1)20-15-10-19(11-15)9-13-5-4-8-16-17(13)21-12-18-16/h1-8,12,15H,9-11H2. The lowest BCUT2D eigenvalue weighted by Gasteiger charge is -2.39. The molecule has 4 heteroatoms. The van der Waals surface area contributed by atoms with Gasteiger partial charge in [-0.05, 0) is 23.8 Å². The second-order valence-electron chi connectivity index (χ2n) is 5.36. The molecule has 1 saturated heterocycles. The SMILES string of the molecule is c1ccc(OC2CN(Cc3cccc4ncsc34)C2)cc1. The average molecular weight is 296 g/mol. The Morgan fingerprint density at radius 1 is 1.10 bits per heavy atom. The Balaban J connectivity index is 1.37. The molecule has 0 amide bonds. The Bertz CT molecular complexity index is 735. The Morgan fingerprint density at radius 2 is 1.95 bits per heavy atom. The van der Waals surface area contributed by atoms with Crippen molar-refractivity contribution in [2.45, 2.75) is 12.6 Å². The van der Waals surface area contributed by atoms with Gasteiger partial charge in [0.15, 0.2) is 0 Å². The van der Waals surface area contributed by atoms with Crippen LogP contribution in [-0.4, -0.2) is 29.1 Å². The van der Waals surface area contributed by atoms with Gasteiger partial charge in [-0.15, -0.1) is 11.3 Å². The van der Waals surface area contributed by atoms with Crippen molar-refractivity contribution in [2.24, 2.45) is 0 Å². The summed E-state index contributed by atoms with van der Waals surface area (Å²) in [7, 11) is 0. The number of ether oxygens (including phenoxy) is 1. The normalized spacial score (nSPS) is 16.0. The molecule has 2 heterocycles. The van der Waals surface area contributed by atoms with Crippen molar-refractivity contribution in [3.63, 3.8) is 0 Å². The molecule has 1 fully saturated rings. The minimum Gasteiger partial charge on any atom is -0.488 e. The van der Waals surface area contributed by atoms with E-state index in [9.17, 15) is 0 Å². The van der Waals surface area contributed by atoms with Gasteiger partial charge in [0, 0.05) is 19.6 Å². The van der Waals surface area contributed by atoms with Gasteiger partial charge in [-0.2, -0.15) is 0 Å². The summed E-state index contributed by atoms with van der Waals surface area (Å²) in [6.45, 7) is 2.96. The van der Waals surface area contributed by atoms with Crippen LogP contribution in [-0.2, 0) is 6.54 Å². The van der Waals surface area contributed by atoms with Gasteiger partial charge in [0.25, 0.3) is 0 Å². The van der Waals surface area contributed by atoms with Crippen molar-refractivity contribution in [1.29, 1.82) is 0 Å². The second kappa shape index (κ2) is 5.47. The van der Waals surface area contributed by atoms with Crippen LogP contribution in [0.4, 0.5) is 0 Å². The predicted octanol–water partition coefficient (Wildman–Crippen LogP) is 3.56. The fourth-order valence-electron chi connectivity index (χ4n) is 2.73. The molecule has 0 radical (unpaired) electrons. The fourth-order valence-corrected chi connectivity index (χ4v) is 3.53. The number of hydrogen-bond donors (Lipinski definition) is 0. The number of rotatable bonds is 4. The highest BCUT2D eigenvalue weighted by molar-refractivity contribution is 7.16. The molecule has 21 heavy (non-hydrogen) atoms. The zero-order valence-corrected chi connectivity index (χ0v) is 12.4. The van der Waals surface area contributed by atoms with Gasteiger partial charge in [0.1, 0.15) is 11.9 Å². The molecule has 3 aromatic rings. The van der Waals surface area contributed by atoms with Crippen molar-refractivity contribution >= 4 is 21.6 Å². The zero-order chi connectivity index (χ0) is 14.1. The van der Waals surface area contributed by atoms with Gasteiger partial charge in [-0.3, -0.25) is 4.90 Å². The zero-order valence-electron chi connectivity index (χ0n) is 11.6. The topological polar surface area (TPSA) is 25.4 Å². The van der Waals surface area contributed by atoms with Crippen molar-refractivity contribution in [2.75, 3.05) is 13.1 Å². The molecule has 3 nitrogen and oxygen atoms in total. The molecule has 106 valence electrons. The van der Waals surface area contributed by atoms with E-state index in [4.69, 9.17) is 4.74 Å². The van der Waals surface area contributed by atoms with Crippen LogP contribution in [0.1, 0.15) is 5.56 Å². The summed E-state index contributed by atoms with van der Waals surface area (Å²) >= 11 is 1.72. The number of hydrogen-bond acceptors (Lipinski definition) is 4. The minimum atomic E-state index is 0.313. The summed E-state index contributed by atoms with van der Waals surface area (Å²) in [6.07, 6.45) is 0.313. The summed E-state index contributed by atoms with van der Waals surface area (Å²) in [6, 6.07) is 16.4. The first-order chi connectivity index (χ1) is 10.4. The highest BCUT2D eigenvalue weighted by atomic mass is 32.1. The molecular weight excluding hydrogens is 280 g/mol. The van der Waals surface area contributed by atoms with Crippen LogP contribution >= 0.6 is 11.3 Å². The smallest absolute Gasteiger partial charge is 0.124 e. The summed E-state index contributed by atoms with van der Waals surface area (Å²) in [4.78, 5) is 6.80. The van der Waals surface area contributed by atoms with Gasteiger partial charge < -0.3 is 4.74 Å². The lowest BCUT2D eigenvalue weighted by atomic mass is 10.1. The van der Waals surface area contributed by atoms with E-state index in [2.05, 4.69) is 28.1 Å². The predicted molar refractivity (Wildman–Crippen MR) is 85.8 cm³/mol. The van der Waals surface area contributed by atoms with Crippen LogP contribution in [0.15, 0.2) is 54.0 Å². The van der Waals surface area contributed by atoms with Crippen molar-refractivity contribution in [3.8, 4) is 5.75 Å². The average Bonchev–Trinajstić information content (AvgIpc) is 2.95. The number of thiazole rings is 1. The van der Waals surface area contributed by atoms with E-state index < -0.39 is 0 Å². The molecule has 0 N–H and O–H groups in total. The molecule has 1 aromatic heterocycles. The van der Waals surface area contributed by atoms with Crippen LogP contribution in [0, 0.1) is 0 Å². The third-order valence-electron chi connectivity index (χ3n) is 3.80. The van der Waals surface area contributed by atoms with Gasteiger partial charge in [-0.25, -0.2) is 4.98 Å². The third-order valence-corrected chi connectivity index (χ3v) is 4.72. The number of likely N-dealkylation sites (tertiary alicyclic amines) is 1. The maximum absolute atomic E-state index is 5.94. The number of nitrogens with zero attached hydrogens (tertiary/aromatic N) is 2. The summed E-state index contributed by atoms with van der Waals surface area (Å²) in [5.74, 6) is 0.965. The Hall–Kier alpha value is -1.91. The molecular formula is C17H16N2OS. The molecule has 0 atom stereocenters. The van der Waals surface area contributed by atoms with Crippen molar-refractivity contribution in [1.82, 2.24) is 9.88 Å². The molecule has 0 bridgehead atoms. The molecule has 0 saturated carbocycles. The van der Waals surface area contributed by atoms with Crippen LogP contribution in [0.5, 0.6) is 5.75 Å². The summed E-state index contributed by atoms with van der Waals surface area (Å²) < 4.78 is 7.25. The maximum atomic E-state index is 5.94. The highest BCUT2D eigenvalue weighted by Gasteiger charge is 2.28. The first kappa shape index (κ1) is 12.8. The molecule has 2 aromatic carbocycles. The van der Waals surface area contributed by atoms with Gasteiger partial charge in [-0.1, -0.05) is 30.3 Å². The van der Waals surface area contributed by atoms with Crippen LogP contribution in [0.3, 0.4) is 0 Å². The molecule has 1 aliphatic heterocycles. The quantitative estimate of drug-likeness (QED) is 0.736. The maximum Gasteiger partial charge on any atom is 0.124 e. The number of fused-ring (bicyclic) bond motifs is 1. The number of para-hydroxylation sites is 1. The molecule has 4 rings (SSSR count). The van der Waals surface area contributed by atoms with E-state index in [1.807, 2.05) is 35.8 Å². The van der Waals surface area contributed by atoms with Crippen molar-refractivity contribution < 1.29 is 4.74 Å². The van der Waals surface area contributed by atoms with Gasteiger partial charge in [0.05, 0.1) is 15.7 Å². The fraction of sp³-hybridized carbons (Fsp3) is 0.235. The lowest BCUT2D eigenvalue weighted by molar-refractivity contribution is 0.0148. The first-order valence-corrected chi connectivity index (χ1v) is 8.01. The van der Waals surface area contributed by atoms with E-state index in [1.165, 1.54) is 10.3 Å². The van der Waals surface area contributed by atoms with E-state index in [0.717, 1.165) is 30.9 Å². The van der Waals surface area contributed by atoms with Crippen LogP contribution in [0.25, 0.3) is 10.2 Å². The third kappa shape index (κ3) is 2.64. The number of aromatic nitrogens is 1. The first-order valence-electron chi connectivity index (χ1n) is 7.13. The number of benzene rings is 2. The molecule has 0 spiro atoms. The summed E-state index contributed by atoms with van der Waals surface area (Å²) in [5.41, 5.74) is 4.40. The molecule has 0 unspecified atom stereocenters. The van der Waals surface area contributed by atoms with Crippen molar-refractivity contribution in [3.05, 3.63) is 59.6 Å². The highest BCUT2D eigenvalue weighted by Crippen LogP contribution is 2.26. The summed E-state index contributed by atoms with van der Waals surface area (Å²) in [5, 5.41) is 0. The molecule has 0 aliphatic carbocycles. The van der Waals surface area contributed by atoms with E-state index in [0.29, 0.717) is 6.10 Å².